The Labute approximate surface area is 166 Å². The summed E-state index contributed by atoms with van der Waals surface area (Å²) < 4.78 is 11.4. The predicted molar refractivity (Wildman–Crippen MR) is 104 cm³/mol. The number of anilines is 1. The van der Waals surface area contributed by atoms with Gasteiger partial charge >= 0.3 is 0 Å². The smallest absolute Gasteiger partial charge is 0.255 e. The summed E-state index contributed by atoms with van der Waals surface area (Å²) >= 11 is 3.48. The molecule has 0 N–H and O–H groups in total. The maximum absolute atomic E-state index is 13.1. The number of carbonyl (C=O) groups is 1. The van der Waals surface area contributed by atoms with Crippen LogP contribution in [0.4, 0.5) is 5.95 Å². The van der Waals surface area contributed by atoms with Crippen LogP contribution in [-0.2, 0) is 17.7 Å². The molecule has 1 saturated heterocycles. The number of hydrogen-bond donors (Lipinski definition) is 0. The van der Waals surface area contributed by atoms with Gasteiger partial charge in [-0.1, -0.05) is 0 Å². The summed E-state index contributed by atoms with van der Waals surface area (Å²) in [5.74, 6) is 1.35. The fraction of sp³-hybridized carbons (Fsp3) is 0.421. The van der Waals surface area contributed by atoms with Gasteiger partial charge in [0.05, 0.1) is 38.1 Å². The van der Waals surface area contributed by atoms with E-state index in [9.17, 15) is 4.79 Å². The lowest BCUT2D eigenvalue weighted by molar-refractivity contribution is 0.0730. The Kier molecular flexibility index (Phi) is 5.27. The molecular weight excluding hydrogens is 412 g/mol. The van der Waals surface area contributed by atoms with Gasteiger partial charge in [-0.05, 0) is 46.1 Å². The van der Waals surface area contributed by atoms with E-state index in [1.807, 2.05) is 23.2 Å². The van der Waals surface area contributed by atoms with Crippen molar-refractivity contribution in [1.82, 2.24) is 14.9 Å². The first-order valence-electron chi connectivity index (χ1n) is 8.96. The van der Waals surface area contributed by atoms with Gasteiger partial charge in [0.25, 0.3) is 5.91 Å². The summed E-state index contributed by atoms with van der Waals surface area (Å²) in [5, 5.41) is 0. The number of morpholine rings is 1. The van der Waals surface area contributed by atoms with Crippen molar-refractivity contribution in [2.24, 2.45) is 0 Å². The molecule has 0 spiro atoms. The van der Waals surface area contributed by atoms with E-state index in [-0.39, 0.29) is 5.91 Å². The monoisotopic (exact) mass is 432 g/mol. The van der Waals surface area contributed by atoms with Crippen LogP contribution in [-0.4, -0.2) is 60.7 Å². The van der Waals surface area contributed by atoms with Crippen LogP contribution in [0.5, 0.6) is 5.75 Å². The Bertz CT molecular complexity index is 855. The maximum Gasteiger partial charge on any atom is 0.255 e. The van der Waals surface area contributed by atoms with Gasteiger partial charge in [0, 0.05) is 30.3 Å². The molecule has 0 bridgehead atoms. The molecule has 2 aromatic rings. The summed E-state index contributed by atoms with van der Waals surface area (Å²) in [6.07, 6.45) is 2.66. The second-order valence-electron chi connectivity index (χ2n) is 6.56. The van der Waals surface area contributed by atoms with E-state index in [1.54, 1.807) is 13.2 Å². The zero-order chi connectivity index (χ0) is 18.8. The van der Waals surface area contributed by atoms with Crippen LogP contribution in [0.2, 0.25) is 0 Å². The van der Waals surface area contributed by atoms with Crippen molar-refractivity contribution in [1.29, 1.82) is 0 Å². The Morgan fingerprint density at radius 1 is 1.26 bits per heavy atom. The topological polar surface area (TPSA) is 67.8 Å². The van der Waals surface area contributed by atoms with Crippen molar-refractivity contribution >= 4 is 27.8 Å². The molecule has 2 aliphatic rings. The van der Waals surface area contributed by atoms with E-state index in [0.29, 0.717) is 43.6 Å². The molecule has 0 atom stereocenters. The highest BCUT2D eigenvalue weighted by molar-refractivity contribution is 9.10. The molecule has 1 aromatic carbocycles. The van der Waals surface area contributed by atoms with Crippen LogP contribution in [0.15, 0.2) is 28.9 Å². The predicted octanol–water partition coefficient (Wildman–Crippen LogP) is 2.28. The summed E-state index contributed by atoms with van der Waals surface area (Å²) in [6.45, 7) is 4.09. The number of amides is 1. The highest BCUT2D eigenvalue weighted by atomic mass is 79.9. The number of nitrogens with zero attached hydrogens (tertiary/aromatic N) is 4. The van der Waals surface area contributed by atoms with Gasteiger partial charge in [-0.25, -0.2) is 9.97 Å². The Morgan fingerprint density at radius 2 is 2.07 bits per heavy atom. The molecule has 142 valence electrons. The average Bonchev–Trinajstić information content (AvgIpc) is 2.73. The van der Waals surface area contributed by atoms with Crippen molar-refractivity contribution < 1.29 is 14.3 Å². The minimum absolute atomic E-state index is 0.0297. The number of rotatable bonds is 3. The van der Waals surface area contributed by atoms with Crippen LogP contribution in [0.3, 0.4) is 0 Å². The lowest BCUT2D eigenvalue weighted by atomic mass is 10.1. The second kappa shape index (κ2) is 7.82. The van der Waals surface area contributed by atoms with Gasteiger partial charge in [0.15, 0.2) is 0 Å². The van der Waals surface area contributed by atoms with E-state index in [0.717, 1.165) is 35.2 Å². The van der Waals surface area contributed by atoms with E-state index in [1.165, 1.54) is 0 Å². The number of fused-ring (bicyclic) bond motifs is 1. The number of benzene rings is 1. The van der Waals surface area contributed by atoms with Gasteiger partial charge in [0.1, 0.15) is 5.75 Å². The van der Waals surface area contributed by atoms with Crippen molar-refractivity contribution in [3.8, 4) is 5.75 Å². The van der Waals surface area contributed by atoms with Crippen LogP contribution in [0.1, 0.15) is 21.6 Å². The Balaban J connectivity index is 1.56. The first-order chi connectivity index (χ1) is 13.2. The molecule has 3 heterocycles. The number of aromatic nitrogens is 2. The first-order valence-corrected chi connectivity index (χ1v) is 9.75. The van der Waals surface area contributed by atoms with Crippen LogP contribution < -0.4 is 9.64 Å². The SMILES string of the molecule is COc1ccc(Br)c(C(=O)N2CCc3cnc(N4CCOCC4)nc3C2)c1. The van der Waals surface area contributed by atoms with E-state index >= 15 is 0 Å². The summed E-state index contributed by atoms with van der Waals surface area (Å²) in [5.41, 5.74) is 2.63. The molecule has 27 heavy (non-hydrogen) atoms. The molecule has 2 aliphatic heterocycles. The molecule has 1 amide bonds. The normalized spacial score (nSPS) is 16.8. The maximum atomic E-state index is 13.1. The van der Waals surface area contributed by atoms with Crippen molar-refractivity contribution in [3.05, 3.63) is 45.7 Å². The fourth-order valence-corrected chi connectivity index (χ4v) is 3.76. The second-order valence-corrected chi connectivity index (χ2v) is 7.42. The van der Waals surface area contributed by atoms with Crippen LogP contribution in [0, 0.1) is 0 Å². The number of methoxy groups -OCH3 is 1. The van der Waals surface area contributed by atoms with Gasteiger partial charge in [-0.15, -0.1) is 0 Å². The number of hydrogen-bond acceptors (Lipinski definition) is 6. The molecule has 0 saturated carbocycles. The highest BCUT2D eigenvalue weighted by Crippen LogP contribution is 2.26. The van der Waals surface area contributed by atoms with E-state index < -0.39 is 0 Å². The lowest BCUT2D eigenvalue weighted by Crippen LogP contribution is -2.39. The van der Waals surface area contributed by atoms with Crippen molar-refractivity contribution in [2.75, 3.05) is 44.9 Å². The number of ether oxygens (including phenoxy) is 2. The molecule has 0 aliphatic carbocycles. The van der Waals surface area contributed by atoms with Gasteiger partial charge in [0.2, 0.25) is 5.95 Å². The first kappa shape index (κ1) is 18.2. The molecule has 0 radical (unpaired) electrons. The van der Waals surface area contributed by atoms with Gasteiger partial charge in [-0.2, -0.15) is 0 Å². The van der Waals surface area contributed by atoms with Crippen LogP contribution in [0.25, 0.3) is 0 Å². The standard InChI is InChI=1S/C19H21BrN4O3/c1-26-14-2-3-16(20)15(10-14)18(25)24-5-4-13-11-21-19(22-17(13)12-24)23-6-8-27-9-7-23/h2-3,10-11H,4-9,12H2,1H3. The van der Waals surface area contributed by atoms with E-state index in [2.05, 4.69) is 25.8 Å². The van der Waals surface area contributed by atoms with Crippen molar-refractivity contribution in [3.63, 3.8) is 0 Å². The minimum atomic E-state index is -0.0297. The molecule has 1 fully saturated rings. The van der Waals surface area contributed by atoms with Gasteiger partial charge < -0.3 is 19.3 Å². The zero-order valence-electron chi connectivity index (χ0n) is 15.2. The van der Waals surface area contributed by atoms with Crippen molar-refractivity contribution in [2.45, 2.75) is 13.0 Å². The Morgan fingerprint density at radius 3 is 2.85 bits per heavy atom. The zero-order valence-corrected chi connectivity index (χ0v) is 16.7. The molecule has 8 heteroatoms. The summed E-state index contributed by atoms with van der Waals surface area (Å²) in [4.78, 5) is 26.3. The quantitative estimate of drug-likeness (QED) is 0.740. The summed E-state index contributed by atoms with van der Waals surface area (Å²) in [6, 6.07) is 5.43. The average molecular weight is 433 g/mol. The Hall–Kier alpha value is -2.19. The third kappa shape index (κ3) is 3.77. The number of halogens is 1. The molecule has 1 aromatic heterocycles. The largest absolute Gasteiger partial charge is 0.497 e. The third-order valence-corrected chi connectivity index (χ3v) is 5.61. The molecule has 4 rings (SSSR count). The third-order valence-electron chi connectivity index (χ3n) is 4.92. The van der Waals surface area contributed by atoms with Gasteiger partial charge in [-0.3, -0.25) is 4.79 Å². The van der Waals surface area contributed by atoms with E-state index in [4.69, 9.17) is 14.5 Å². The highest BCUT2D eigenvalue weighted by Gasteiger charge is 2.26. The van der Waals surface area contributed by atoms with Crippen LogP contribution >= 0.6 is 15.9 Å². The lowest BCUT2D eigenvalue weighted by Gasteiger charge is -2.31. The molecular formula is C19H21BrN4O3. The molecule has 7 nitrogen and oxygen atoms in total. The summed E-state index contributed by atoms with van der Waals surface area (Å²) in [7, 11) is 1.60. The minimum Gasteiger partial charge on any atom is -0.497 e. The fourth-order valence-electron chi connectivity index (χ4n) is 3.35. The molecule has 0 unspecified atom stereocenters. The number of carbonyl (C=O) groups excluding carboxylic acids is 1.